The van der Waals surface area contributed by atoms with E-state index in [1.54, 1.807) is 12.1 Å². The van der Waals surface area contributed by atoms with Crippen molar-refractivity contribution in [2.45, 2.75) is 63.7 Å². The molecule has 0 aliphatic carbocycles. The molecule has 0 bridgehead atoms. The van der Waals surface area contributed by atoms with Crippen LogP contribution in [0.25, 0.3) is 0 Å². The molecule has 29 heavy (non-hydrogen) atoms. The molecule has 5 nitrogen and oxygen atoms in total. The normalized spacial score (nSPS) is 15.2. The van der Waals surface area contributed by atoms with Gasteiger partial charge in [0.1, 0.15) is 0 Å². The van der Waals surface area contributed by atoms with Crippen molar-refractivity contribution in [3.05, 3.63) is 51.7 Å². The third kappa shape index (κ3) is 8.04. The van der Waals surface area contributed by atoms with Crippen LogP contribution in [0.2, 0.25) is 0 Å². The molecule has 1 aliphatic rings. The molecule has 1 heterocycles. The van der Waals surface area contributed by atoms with E-state index in [0.29, 0.717) is 6.42 Å². The zero-order chi connectivity index (χ0) is 20.2. The fourth-order valence-electron chi connectivity index (χ4n) is 2.76. The molecular weight excluding hydrogens is 428 g/mol. The number of benzene rings is 1. The zero-order valence-electron chi connectivity index (χ0n) is 18.1. The Balaban J connectivity index is 0.00000392. The van der Waals surface area contributed by atoms with Gasteiger partial charge < -0.3 is 10.2 Å². The second-order valence-corrected chi connectivity index (χ2v) is 10.0. The van der Waals surface area contributed by atoms with Gasteiger partial charge in [0.15, 0.2) is 0 Å². The number of nitrogens with zero attached hydrogens (tertiary/aromatic N) is 1. The van der Waals surface area contributed by atoms with Gasteiger partial charge in [0.2, 0.25) is 0 Å². The van der Waals surface area contributed by atoms with E-state index in [9.17, 15) is 18.6 Å². The maximum atomic E-state index is 12.9. The van der Waals surface area contributed by atoms with Crippen molar-refractivity contribution in [3.63, 3.8) is 0 Å². The number of aryl methyl sites for hydroxylation is 1. The maximum absolute atomic E-state index is 12.9. The third-order valence-electron chi connectivity index (χ3n) is 4.30. The van der Waals surface area contributed by atoms with E-state index in [-0.39, 0.29) is 80.0 Å². The average Bonchev–Trinajstić information content (AvgIpc) is 3.01. The van der Waals surface area contributed by atoms with Crippen molar-refractivity contribution in [1.29, 1.82) is 0 Å². The van der Waals surface area contributed by atoms with Gasteiger partial charge in [0.25, 0.3) is 10.0 Å². The topological polar surface area (TPSA) is 92.6 Å². The second kappa shape index (κ2) is 12.3. The van der Waals surface area contributed by atoms with Gasteiger partial charge in [-0.3, -0.25) is 0 Å². The summed E-state index contributed by atoms with van der Waals surface area (Å²) in [6.07, 6.45) is 4.95. The molecule has 9 heteroatoms. The van der Waals surface area contributed by atoms with Gasteiger partial charge in [0, 0.05) is 4.91 Å². The van der Waals surface area contributed by atoms with E-state index >= 15 is 0 Å². The van der Waals surface area contributed by atoms with Crippen LogP contribution in [-0.4, -0.2) is 14.1 Å². The van der Waals surface area contributed by atoms with Gasteiger partial charge in [-0.25, -0.2) is 0 Å². The first kappa shape index (κ1) is 29.3. The summed E-state index contributed by atoms with van der Waals surface area (Å²) < 4.78 is 29.6. The van der Waals surface area contributed by atoms with Crippen LogP contribution >= 0.6 is 11.8 Å². The molecule has 2 rings (SSSR count). The number of thioether (sulfide) groups is 1. The van der Waals surface area contributed by atoms with Crippen molar-refractivity contribution in [3.8, 4) is 0 Å². The molecule has 148 valence electrons. The summed E-state index contributed by atoms with van der Waals surface area (Å²) in [7, 11) is -4.03. The first-order valence-corrected chi connectivity index (χ1v) is 11.3. The Morgan fingerprint density at radius 1 is 1.14 bits per heavy atom. The maximum Gasteiger partial charge on any atom is 1.00 e. The first-order chi connectivity index (χ1) is 12.6. The van der Waals surface area contributed by atoms with Gasteiger partial charge >= 0.3 is 59.1 Å². The van der Waals surface area contributed by atoms with Crippen LogP contribution in [0.4, 0.5) is 0 Å². The first-order valence-electron chi connectivity index (χ1n) is 8.96. The monoisotopic (exact) mass is 453 g/mol. The SMILES string of the molecule is CCCCCc1cc(C(C)(C)C)ccc1S(=O)(=O)N=C1C=CSC1=C([O-])[O-].[Na+].[Na+]. The largest absolute Gasteiger partial charge is 1.00 e. The molecule has 0 spiro atoms. The molecule has 1 aromatic carbocycles. The number of sulfonamides is 1. The van der Waals surface area contributed by atoms with Crippen molar-refractivity contribution in [1.82, 2.24) is 0 Å². The Hall–Kier alpha value is 0.270. The molecule has 0 atom stereocenters. The van der Waals surface area contributed by atoms with Crippen molar-refractivity contribution >= 4 is 27.5 Å². The summed E-state index contributed by atoms with van der Waals surface area (Å²) in [5, 5.41) is 23.8. The van der Waals surface area contributed by atoms with E-state index in [1.807, 2.05) is 6.07 Å². The average molecular weight is 454 g/mol. The van der Waals surface area contributed by atoms with Crippen molar-refractivity contribution in [2.75, 3.05) is 0 Å². The molecular formula is C20H25NNa2O4S2. The number of allylic oxidation sites excluding steroid dienone is 2. The van der Waals surface area contributed by atoms with Gasteiger partial charge in [-0.05, 0) is 46.9 Å². The molecule has 0 N–H and O–H groups in total. The predicted octanol–water partition coefficient (Wildman–Crippen LogP) is -3.00. The van der Waals surface area contributed by atoms with Gasteiger partial charge in [-0.1, -0.05) is 64.4 Å². The van der Waals surface area contributed by atoms with Crippen LogP contribution in [0.5, 0.6) is 0 Å². The van der Waals surface area contributed by atoms with Crippen molar-refractivity contribution < 1.29 is 77.7 Å². The quantitative estimate of drug-likeness (QED) is 0.260. The van der Waals surface area contributed by atoms with Gasteiger partial charge in [-0.2, -0.15) is 18.8 Å². The fourth-order valence-corrected chi connectivity index (χ4v) is 4.73. The molecule has 1 aliphatic heterocycles. The van der Waals surface area contributed by atoms with Crippen molar-refractivity contribution in [2.24, 2.45) is 4.40 Å². The number of unbranched alkanes of at least 4 members (excludes halogenated alkanes) is 2. The minimum atomic E-state index is -4.03. The smallest absolute Gasteiger partial charge is 0.883 e. The van der Waals surface area contributed by atoms with E-state index in [4.69, 9.17) is 0 Å². The number of rotatable bonds is 6. The molecule has 0 saturated carbocycles. The molecule has 0 unspecified atom stereocenters. The van der Waals surface area contributed by atoms with Gasteiger partial charge in [-0.15, -0.1) is 0 Å². The summed E-state index contributed by atoms with van der Waals surface area (Å²) in [5.74, 6) is -1.43. The number of hydrogen-bond acceptors (Lipinski definition) is 5. The third-order valence-corrected chi connectivity index (χ3v) is 6.58. The fraction of sp³-hybridized carbons (Fsp3) is 0.450. The summed E-state index contributed by atoms with van der Waals surface area (Å²) in [6, 6.07) is 5.33. The summed E-state index contributed by atoms with van der Waals surface area (Å²) in [4.78, 5) is -0.0421. The number of hydrogen-bond donors (Lipinski definition) is 0. The molecule has 0 amide bonds. The van der Waals surface area contributed by atoms with E-state index in [1.165, 1.54) is 11.5 Å². The zero-order valence-corrected chi connectivity index (χ0v) is 23.7. The van der Waals surface area contributed by atoms with Crippen LogP contribution in [0.1, 0.15) is 58.1 Å². The van der Waals surface area contributed by atoms with Crippen LogP contribution in [0.15, 0.2) is 49.8 Å². The molecule has 0 saturated heterocycles. The Kier molecular flexibility index (Phi) is 12.5. The Labute approximate surface area is 222 Å². The van der Waals surface area contributed by atoms with Gasteiger partial charge in [0.05, 0.1) is 10.6 Å². The molecule has 1 aromatic rings. The summed E-state index contributed by atoms with van der Waals surface area (Å²) in [5.41, 5.74) is 1.59. The Morgan fingerprint density at radius 2 is 1.79 bits per heavy atom. The Morgan fingerprint density at radius 3 is 2.34 bits per heavy atom. The second-order valence-electron chi connectivity index (χ2n) is 7.52. The standard InChI is InChI=1S/C20H27NO4S2.2Na/c1-5-6-7-8-14-13-15(20(2,3)4)9-10-17(14)27(24,25)21-16-11-12-26-18(16)19(22)23;;/h9-13,22-23H,5-8H2,1-4H3;;/q;2*+1/p-2. The van der Waals surface area contributed by atoms with Crippen LogP contribution in [0.3, 0.4) is 0 Å². The summed E-state index contributed by atoms with van der Waals surface area (Å²) in [6.45, 7) is 8.33. The van der Waals surface area contributed by atoms with E-state index in [2.05, 4.69) is 32.1 Å². The van der Waals surface area contributed by atoms with E-state index in [0.717, 1.165) is 42.2 Å². The van der Waals surface area contributed by atoms with Crippen LogP contribution in [-0.2, 0) is 21.9 Å². The van der Waals surface area contributed by atoms with Crippen LogP contribution < -0.4 is 69.3 Å². The Bertz CT molecular complexity index is 898. The molecule has 0 aromatic heterocycles. The predicted molar refractivity (Wildman–Crippen MR) is 107 cm³/mol. The molecule has 0 fully saturated rings. The minimum absolute atomic E-state index is 0. The minimum Gasteiger partial charge on any atom is -0.883 e. The van der Waals surface area contributed by atoms with E-state index < -0.39 is 16.0 Å². The molecule has 0 radical (unpaired) electrons. The summed E-state index contributed by atoms with van der Waals surface area (Å²) >= 11 is 0.900. The van der Waals surface area contributed by atoms with Crippen LogP contribution in [0, 0.1) is 0 Å².